The van der Waals surface area contributed by atoms with Crippen LogP contribution in [-0.4, -0.2) is 40.1 Å². The lowest BCUT2D eigenvalue weighted by molar-refractivity contribution is 0.0999. The molecule has 1 atom stereocenters. The summed E-state index contributed by atoms with van der Waals surface area (Å²) in [6.45, 7) is 6.52. The molecular weight excluding hydrogens is 332 g/mol. The minimum Gasteiger partial charge on any atom is -0.489 e. The maximum Gasteiger partial charge on any atom is 0.162 e. The normalized spacial score (nSPS) is 12.3. The topological polar surface area (TPSA) is 129 Å². The Morgan fingerprint density at radius 1 is 1.27 bits per heavy atom. The van der Waals surface area contributed by atoms with Gasteiger partial charge >= 0.3 is 0 Å². The third-order valence-electron chi connectivity index (χ3n) is 3.51. The molecule has 0 aliphatic carbocycles. The molecule has 26 heavy (non-hydrogen) atoms. The molecule has 1 heterocycles. The largest absolute Gasteiger partial charge is 0.489 e. The van der Waals surface area contributed by atoms with Crippen LogP contribution in [0.4, 0.5) is 5.82 Å². The minimum absolute atomic E-state index is 0.0723. The average molecular weight is 356 g/mol. The number of ether oxygens (including phenoxy) is 1. The third kappa shape index (κ3) is 5.67. The van der Waals surface area contributed by atoms with Crippen molar-refractivity contribution in [3.8, 4) is 23.1 Å². The van der Waals surface area contributed by atoms with Gasteiger partial charge in [0.2, 0.25) is 0 Å². The van der Waals surface area contributed by atoms with Crippen molar-refractivity contribution in [1.29, 1.82) is 5.26 Å². The molecule has 138 valence electrons. The average Bonchev–Trinajstić information content (AvgIpc) is 2.64. The maximum atomic E-state index is 10.1. The van der Waals surface area contributed by atoms with Crippen LogP contribution in [0.5, 0.6) is 5.75 Å². The van der Waals surface area contributed by atoms with Gasteiger partial charge in [0.05, 0.1) is 11.3 Å². The molecule has 5 N–H and O–H groups in total. The molecule has 0 saturated carbocycles. The summed E-state index contributed by atoms with van der Waals surface area (Å²) in [7, 11) is 0. The summed E-state index contributed by atoms with van der Waals surface area (Å²) in [5.41, 5.74) is 4.07. The number of rotatable bonds is 7. The van der Waals surface area contributed by atoms with Crippen LogP contribution in [0.1, 0.15) is 26.3 Å². The molecular formula is C18H24N6O2. The molecule has 2 rings (SSSR count). The van der Waals surface area contributed by atoms with E-state index in [4.69, 9.17) is 10.6 Å². The van der Waals surface area contributed by atoms with E-state index in [1.807, 2.05) is 20.8 Å². The Bertz CT molecular complexity index is 765. The highest BCUT2D eigenvalue weighted by atomic mass is 16.5. The number of hydrogen-bond acceptors (Lipinski definition) is 8. The van der Waals surface area contributed by atoms with Crippen LogP contribution in [0.2, 0.25) is 0 Å². The van der Waals surface area contributed by atoms with Gasteiger partial charge in [0.1, 0.15) is 24.5 Å². The Morgan fingerprint density at radius 3 is 2.62 bits per heavy atom. The number of nitrogens with one attached hydrogen (secondary N) is 2. The second-order valence-electron chi connectivity index (χ2n) is 6.87. The lowest BCUT2D eigenvalue weighted by Crippen LogP contribution is -2.42. The van der Waals surface area contributed by atoms with Crippen LogP contribution in [0.15, 0.2) is 30.3 Å². The first-order valence-electron chi connectivity index (χ1n) is 8.23. The summed E-state index contributed by atoms with van der Waals surface area (Å²) in [6, 6.07) is 10.7. The first-order valence-corrected chi connectivity index (χ1v) is 8.23. The monoisotopic (exact) mass is 356 g/mol. The maximum absolute atomic E-state index is 10.1. The van der Waals surface area contributed by atoms with Gasteiger partial charge in [-0.15, -0.1) is 10.2 Å². The van der Waals surface area contributed by atoms with E-state index in [0.29, 0.717) is 29.4 Å². The Labute approximate surface area is 153 Å². The molecule has 1 aromatic carbocycles. The van der Waals surface area contributed by atoms with Gasteiger partial charge in [-0.3, -0.25) is 0 Å². The van der Waals surface area contributed by atoms with Crippen molar-refractivity contribution < 1.29 is 9.84 Å². The van der Waals surface area contributed by atoms with Gasteiger partial charge < -0.3 is 20.6 Å². The molecule has 0 radical (unpaired) electrons. The van der Waals surface area contributed by atoms with Crippen LogP contribution in [0, 0.1) is 11.3 Å². The molecule has 0 aliphatic rings. The number of aromatic nitrogens is 2. The number of nitrogen functional groups attached to an aromatic ring is 1. The second kappa shape index (κ2) is 8.58. The first-order chi connectivity index (χ1) is 12.3. The smallest absolute Gasteiger partial charge is 0.162 e. The van der Waals surface area contributed by atoms with E-state index in [1.165, 1.54) is 0 Å². The number of nitrogens with zero attached hydrogens (tertiary/aromatic N) is 3. The molecule has 0 amide bonds. The lowest BCUT2D eigenvalue weighted by Gasteiger charge is -2.23. The number of aliphatic hydroxyl groups is 1. The van der Waals surface area contributed by atoms with E-state index in [2.05, 4.69) is 27.0 Å². The van der Waals surface area contributed by atoms with Gasteiger partial charge in [-0.2, -0.15) is 5.26 Å². The highest BCUT2D eigenvalue weighted by molar-refractivity contribution is 5.64. The van der Waals surface area contributed by atoms with Crippen molar-refractivity contribution in [2.24, 2.45) is 5.84 Å². The Balaban J connectivity index is 2.10. The molecule has 8 heteroatoms. The third-order valence-corrected chi connectivity index (χ3v) is 3.51. The number of benzene rings is 1. The molecule has 0 fully saturated rings. The lowest BCUT2D eigenvalue weighted by atomic mass is 10.1. The molecule has 0 bridgehead atoms. The highest BCUT2D eigenvalue weighted by Gasteiger charge is 2.14. The fraction of sp³-hybridized carbons (Fsp3) is 0.389. The number of hydrogen-bond donors (Lipinski definition) is 4. The van der Waals surface area contributed by atoms with E-state index in [9.17, 15) is 10.4 Å². The number of hydrazine groups is 1. The van der Waals surface area contributed by atoms with Crippen molar-refractivity contribution in [3.63, 3.8) is 0 Å². The summed E-state index contributed by atoms with van der Waals surface area (Å²) in [5, 5.41) is 30.5. The second-order valence-corrected chi connectivity index (χ2v) is 6.87. The van der Waals surface area contributed by atoms with E-state index < -0.39 is 6.10 Å². The predicted molar refractivity (Wildman–Crippen MR) is 99.3 cm³/mol. The summed E-state index contributed by atoms with van der Waals surface area (Å²) in [6.07, 6.45) is -0.695. The summed E-state index contributed by atoms with van der Waals surface area (Å²) >= 11 is 0. The summed E-state index contributed by atoms with van der Waals surface area (Å²) in [4.78, 5) is 0. The Morgan fingerprint density at radius 2 is 2.04 bits per heavy atom. The summed E-state index contributed by atoms with van der Waals surface area (Å²) < 4.78 is 5.67. The quantitative estimate of drug-likeness (QED) is 0.433. The van der Waals surface area contributed by atoms with Gasteiger partial charge in [0, 0.05) is 17.6 Å². The van der Waals surface area contributed by atoms with Crippen LogP contribution in [0.3, 0.4) is 0 Å². The van der Waals surface area contributed by atoms with Crippen LogP contribution in [0.25, 0.3) is 11.3 Å². The van der Waals surface area contributed by atoms with Crippen molar-refractivity contribution in [3.05, 3.63) is 35.9 Å². The molecule has 0 saturated heterocycles. The zero-order valence-electron chi connectivity index (χ0n) is 15.2. The SMILES string of the molecule is CC(C)(C)NCC(O)COc1cc(-c2ccc(NN)nn2)ccc1C#N. The fourth-order valence-electron chi connectivity index (χ4n) is 2.13. The van der Waals surface area contributed by atoms with Gasteiger partial charge in [-0.25, -0.2) is 5.84 Å². The summed E-state index contributed by atoms with van der Waals surface area (Å²) in [5.74, 6) is 6.13. The van der Waals surface area contributed by atoms with Gasteiger partial charge in [-0.05, 0) is 45.0 Å². The minimum atomic E-state index is -0.695. The molecule has 0 aliphatic heterocycles. The van der Waals surface area contributed by atoms with Crippen molar-refractivity contribution in [1.82, 2.24) is 15.5 Å². The number of nitriles is 1. The zero-order chi connectivity index (χ0) is 19.2. The van der Waals surface area contributed by atoms with E-state index >= 15 is 0 Å². The van der Waals surface area contributed by atoms with Crippen LogP contribution < -0.4 is 21.3 Å². The molecule has 1 aromatic heterocycles. The number of β-amino-alcohol motifs (C(OH)–C–C–N with tert-alkyl or cyclic N) is 1. The fourth-order valence-corrected chi connectivity index (χ4v) is 2.13. The molecule has 8 nitrogen and oxygen atoms in total. The van der Waals surface area contributed by atoms with Gasteiger partial charge in [0.15, 0.2) is 5.82 Å². The van der Waals surface area contributed by atoms with Crippen LogP contribution >= 0.6 is 0 Å². The zero-order valence-corrected chi connectivity index (χ0v) is 15.2. The van der Waals surface area contributed by atoms with Gasteiger partial charge in [-0.1, -0.05) is 6.07 Å². The standard InChI is InChI=1S/C18H24N6O2/c1-18(2,3)21-10-14(25)11-26-16-8-12(4-5-13(16)9-19)15-6-7-17(22-20)24-23-15/h4-8,14,21,25H,10-11,20H2,1-3H3,(H,22,24). The predicted octanol–water partition coefficient (Wildman–Crippen LogP) is 1.43. The van der Waals surface area contributed by atoms with Gasteiger partial charge in [0.25, 0.3) is 0 Å². The van der Waals surface area contributed by atoms with E-state index in [-0.39, 0.29) is 12.1 Å². The Kier molecular flexibility index (Phi) is 6.46. The number of aliphatic hydroxyl groups excluding tert-OH is 1. The molecule has 2 aromatic rings. The van der Waals surface area contributed by atoms with Crippen molar-refractivity contribution >= 4 is 5.82 Å². The van der Waals surface area contributed by atoms with Crippen LogP contribution in [-0.2, 0) is 0 Å². The molecule has 1 unspecified atom stereocenters. The van der Waals surface area contributed by atoms with Crippen molar-refractivity contribution in [2.45, 2.75) is 32.4 Å². The van der Waals surface area contributed by atoms with E-state index in [0.717, 1.165) is 5.56 Å². The number of nitrogens with two attached hydrogens (primary N) is 1. The molecule has 0 spiro atoms. The first kappa shape index (κ1) is 19.6. The van der Waals surface area contributed by atoms with Crippen molar-refractivity contribution in [2.75, 3.05) is 18.6 Å². The van der Waals surface area contributed by atoms with E-state index in [1.54, 1.807) is 30.3 Å². The number of anilines is 1. The highest BCUT2D eigenvalue weighted by Crippen LogP contribution is 2.26. The Hall–Kier alpha value is -2.73.